The van der Waals surface area contributed by atoms with Gasteiger partial charge in [0.15, 0.2) is 0 Å². The summed E-state index contributed by atoms with van der Waals surface area (Å²) in [5.41, 5.74) is 1.11. The minimum Gasteiger partial charge on any atom is -0.410 e. The lowest BCUT2D eigenvalue weighted by atomic mass is 10.1. The van der Waals surface area contributed by atoms with Crippen LogP contribution in [0.2, 0.25) is 0 Å². The van der Waals surface area contributed by atoms with Gasteiger partial charge in [0.25, 0.3) is 0 Å². The van der Waals surface area contributed by atoms with Gasteiger partial charge in [0.1, 0.15) is 6.04 Å². The Balaban J connectivity index is 1.68. The highest BCUT2D eigenvalue weighted by molar-refractivity contribution is 7.90. The van der Waals surface area contributed by atoms with Gasteiger partial charge in [0.05, 0.1) is 0 Å². The molecular weight excluding hydrogens is 330 g/mol. The number of carbonyl (C=O) groups is 1. The molecule has 2 aromatic rings. The van der Waals surface area contributed by atoms with Crippen LogP contribution in [0.25, 0.3) is 0 Å². The Morgan fingerprint density at radius 2 is 2.04 bits per heavy atom. The molecule has 24 heavy (non-hydrogen) atoms. The molecule has 8 heteroatoms. The van der Waals surface area contributed by atoms with Gasteiger partial charge < -0.3 is 9.32 Å². The lowest BCUT2D eigenvalue weighted by Gasteiger charge is -2.22. The fraction of sp³-hybridized carbons (Fsp3) is 0.438. The maximum absolute atomic E-state index is 12.5. The largest absolute Gasteiger partial charge is 0.410 e. The van der Waals surface area contributed by atoms with Crippen LogP contribution in [0.15, 0.2) is 40.0 Å². The molecule has 2 heterocycles. The highest BCUT2D eigenvalue weighted by atomic mass is 32.2. The molecule has 0 aliphatic carbocycles. The van der Waals surface area contributed by atoms with Crippen LogP contribution in [0.5, 0.6) is 0 Å². The van der Waals surface area contributed by atoms with Crippen molar-refractivity contribution in [3.05, 3.63) is 41.8 Å². The zero-order chi connectivity index (χ0) is 17.2. The van der Waals surface area contributed by atoms with E-state index in [4.69, 9.17) is 4.42 Å². The molecule has 0 unspecified atom stereocenters. The number of nitrogens with zero attached hydrogens (tertiary/aromatic N) is 3. The molecule has 1 fully saturated rings. The van der Waals surface area contributed by atoms with Crippen molar-refractivity contribution < 1.29 is 17.6 Å². The highest BCUT2D eigenvalue weighted by Crippen LogP contribution is 2.32. The summed E-state index contributed by atoms with van der Waals surface area (Å²) in [5, 5.41) is 7.00. The number of hydrogen-bond acceptors (Lipinski definition) is 6. The van der Waals surface area contributed by atoms with E-state index in [0.717, 1.165) is 18.2 Å². The molecule has 7 nitrogen and oxygen atoms in total. The smallest absolute Gasteiger partial charge is 0.335 e. The fourth-order valence-electron chi connectivity index (χ4n) is 2.87. The van der Waals surface area contributed by atoms with Crippen molar-refractivity contribution in [2.75, 3.05) is 12.8 Å². The molecule has 1 aliphatic heterocycles. The van der Waals surface area contributed by atoms with Crippen molar-refractivity contribution in [1.29, 1.82) is 0 Å². The zero-order valence-electron chi connectivity index (χ0n) is 13.4. The van der Waals surface area contributed by atoms with Gasteiger partial charge >= 0.3 is 5.22 Å². The van der Waals surface area contributed by atoms with Crippen LogP contribution in [0.1, 0.15) is 36.8 Å². The van der Waals surface area contributed by atoms with Gasteiger partial charge in [-0.2, -0.15) is 0 Å². The Morgan fingerprint density at radius 3 is 2.71 bits per heavy atom. The topological polar surface area (TPSA) is 93.4 Å². The van der Waals surface area contributed by atoms with Crippen molar-refractivity contribution in [2.24, 2.45) is 0 Å². The van der Waals surface area contributed by atoms with Crippen molar-refractivity contribution >= 4 is 15.7 Å². The molecule has 3 rings (SSSR count). The Bertz CT molecular complexity index is 817. The van der Waals surface area contributed by atoms with E-state index in [1.54, 1.807) is 4.90 Å². The van der Waals surface area contributed by atoms with Gasteiger partial charge in [-0.25, -0.2) is 8.42 Å². The van der Waals surface area contributed by atoms with Crippen LogP contribution in [0, 0.1) is 0 Å². The molecule has 128 valence electrons. The van der Waals surface area contributed by atoms with Gasteiger partial charge in [-0.05, 0) is 24.8 Å². The minimum atomic E-state index is -3.54. The third-order valence-electron chi connectivity index (χ3n) is 4.07. The summed E-state index contributed by atoms with van der Waals surface area (Å²) in [6.45, 7) is 0.620. The summed E-state index contributed by atoms with van der Waals surface area (Å²) in [4.78, 5) is 14.2. The maximum Gasteiger partial charge on any atom is 0.335 e. The molecule has 1 atom stereocenters. The van der Waals surface area contributed by atoms with Crippen LogP contribution in [0.4, 0.5) is 0 Å². The summed E-state index contributed by atoms with van der Waals surface area (Å²) in [5.74, 6) is 0.210. The minimum absolute atomic E-state index is 0.0143. The standard InChI is InChI=1S/C16H19N3O4S/c1-24(21,22)16-18-17-15(23-16)13-8-5-11-19(13)14(20)10-9-12-6-3-2-4-7-12/h2-4,6-7,13H,5,8-11H2,1H3/t13-/m0/s1. The van der Waals surface area contributed by atoms with Crippen LogP contribution in [-0.4, -0.2) is 42.2 Å². The SMILES string of the molecule is CS(=O)(=O)c1nnc([C@@H]2CCCN2C(=O)CCc2ccccc2)o1. The molecule has 0 spiro atoms. The molecule has 1 aliphatic rings. The molecule has 0 N–H and O–H groups in total. The third-order valence-corrected chi connectivity index (χ3v) is 4.87. The first-order valence-corrected chi connectivity index (χ1v) is 9.71. The molecule has 0 bridgehead atoms. The summed E-state index contributed by atoms with van der Waals surface area (Å²) < 4.78 is 28.2. The Kier molecular flexibility index (Phi) is 4.66. The quantitative estimate of drug-likeness (QED) is 0.817. The summed E-state index contributed by atoms with van der Waals surface area (Å²) in [7, 11) is -3.54. The van der Waals surface area contributed by atoms with Gasteiger partial charge in [-0.1, -0.05) is 35.4 Å². The predicted octanol–water partition coefficient (Wildman–Crippen LogP) is 1.77. The first-order chi connectivity index (χ1) is 11.4. The second-order valence-corrected chi connectivity index (χ2v) is 7.80. The Labute approximate surface area is 140 Å². The van der Waals surface area contributed by atoms with E-state index in [-0.39, 0.29) is 17.8 Å². The van der Waals surface area contributed by atoms with Gasteiger partial charge in [-0.3, -0.25) is 4.79 Å². The first-order valence-electron chi connectivity index (χ1n) is 7.82. The van der Waals surface area contributed by atoms with E-state index >= 15 is 0 Å². The average Bonchev–Trinajstić information content (AvgIpc) is 3.21. The van der Waals surface area contributed by atoms with E-state index < -0.39 is 15.1 Å². The zero-order valence-corrected chi connectivity index (χ0v) is 14.2. The van der Waals surface area contributed by atoms with E-state index in [9.17, 15) is 13.2 Å². The van der Waals surface area contributed by atoms with Crippen molar-refractivity contribution in [3.8, 4) is 0 Å². The number of aryl methyl sites for hydroxylation is 1. The average molecular weight is 349 g/mol. The summed E-state index contributed by atoms with van der Waals surface area (Å²) in [6.07, 6.45) is 3.61. The van der Waals surface area contributed by atoms with Gasteiger partial charge in [0.2, 0.25) is 21.6 Å². The van der Waals surface area contributed by atoms with Crippen molar-refractivity contribution in [3.63, 3.8) is 0 Å². The molecule has 1 aromatic heterocycles. The third kappa shape index (κ3) is 3.64. The number of carbonyl (C=O) groups excluding carboxylic acids is 1. The Morgan fingerprint density at radius 1 is 1.29 bits per heavy atom. The molecule has 1 aromatic carbocycles. The second kappa shape index (κ2) is 6.72. The van der Waals surface area contributed by atoms with Crippen molar-refractivity contribution in [1.82, 2.24) is 15.1 Å². The number of sulfone groups is 1. The normalized spacial score (nSPS) is 18.0. The second-order valence-electron chi connectivity index (χ2n) is 5.91. The summed E-state index contributed by atoms with van der Waals surface area (Å²) in [6, 6.07) is 9.48. The number of likely N-dealkylation sites (tertiary alicyclic amines) is 1. The van der Waals surface area contributed by atoms with Crippen LogP contribution in [-0.2, 0) is 21.1 Å². The van der Waals surface area contributed by atoms with Crippen LogP contribution in [0.3, 0.4) is 0 Å². The Hall–Kier alpha value is -2.22. The lowest BCUT2D eigenvalue weighted by Crippen LogP contribution is -2.30. The first kappa shape index (κ1) is 16.6. The summed E-state index contributed by atoms with van der Waals surface area (Å²) >= 11 is 0. The number of amides is 1. The maximum atomic E-state index is 12.5. The molecule has 1 saturated heterocycles. The number of rotatable bonds is 5. The number of benzene rings is 1. The number of aromatic nitrogens is 2. The van der Waals surface area contributed by atoms with E-state index in [0.29, 0.717) is 25.8 Å². The molecule has 1 amide bonds. The lowest BCUT2D eigenvalue weighted by molar-refractivity contribution is -0.132. The highest BCUT2D eigenvalue weighted by Gasteiger charge is 2.34. The molecule has 0 saturated carbocycles. The number of hydrogen-bond donors (Lipinski definition) is 0. The van der Waals surface area contributed by atoms with Gasteiger partial charge in [-0.15, -0.1) is 5.10 Å². The molecular formula is C16H19N3O4S. The van der Waals surface area contributed by atoms with Crippen LogP contribution >= 0.6 is 0 Å². The van der Waals surface area contributed by atoms with Gasteiger partial charge in [0, 0.05) is 19.2 Å². The van der Waals surface area contributed by atoms with E-state index in [1.165, 1.54) is 0 Å². The fourth-order valence-corrected chi connectivity index (χ4v) is 3.29. The van der Waals surface area contributed by atoms with E-state index in [1.807, 2.05) is 30.3 Å². The van der Waals surface area contributed by atoms with Crippen molar-refractivity contribution in [2.45, 2.75) is 36.9 Å². The molecule has 0 radical (unpaired) electrons. The van der Waals surface area contributed by atoms with E-state index in [2.05, 4.69) is 10.2 Å². The predicted molar refractivity (Wildman–Crippen MR) is 85.9 cm³/mol. The monoisotopic (exact) mass is 349 g/mol. The van der Waals surface area contributed by atoms with Crippen LogP contribution < -0.4 is 0 Å².